The monoisotopic (exact) mass is 499 g/mol. The topological polar surface area (TPSA) is 122 Å². The third kappa shape index (κ3) is 4.22. The molecule has 180 valence electrons. The molecule has 0 spiro atoms. The Kier molecular flexibility index (Phi) is 6.26. The van der Waals surface area contributed by atoms with Gasteiger partial charge in [0.15, 0.2) is 5.16 Å². The normalized spacial score (nSPS) is 11.1. The first kappa shape index (κ1) is 23.3. The van der Waals surface area contributed by atoms with Crippen LogP contribution in [-0.4, -0.2) is 32.1 Å². The van der Waals surface area contributed by atoms with Gasteiger partial charge in [0, 0.05) is 0 Å². The van der Waals surface area contributed by atoms with Crippen molar-refractivity contribution in [3.63, 3.8) is 0 Å². The van der Waals surface area contributed by atoms with E-state index in [1.807, 2.05) is 18.2 Å². The van der Waals surface area contributed by atoms with Crippen LogP contribution in [0.3, 0.4) is 0 Å². The maximum atomic E-state index is 13.6. The van der Waals surface area contributed by atoms with Crippen LogP contribution >= 0.6 is 11.8 Å². The van der Waals surface area contributed by atoms with Crippen molar-refractivity contribution >= 4 is 39.5 Å². The van der Waals surface area contributed by atoms with Gasteiger partial charge in [-0.1, -0.05) is 48.2 Å². The number of amides is 1. The van der Waals surface area contributed by atoms with Crippen LogP contribution in [0, 0.1) is 0 Å². The number of thioether (sulfide) groups is 1. The van der Waals surface area contributed by atoms with E-state index < -0.39 is 5.91 Å². The molecular formula is C26H21N5O4S. The molecule has 2 N–H and O–H groups in total. The highest BCUT2D eigenvalue weighted by Crippen LogP contribution is 2.28. The number of nitrogens with two attached hydrogens (primary N) is 1. The van der Waals surface area contributed by atoms with Crippen molar-refractivity contribution in [2.45, 2.75) is 17.5 Å². The molecule has 3 aromatic carbocycles. The van der Waals surface area contributed by atoms with E-state index in [0.29, 0.717) is 44.2 Å². The Morgan fingerprint density at radius 1 is 0.889 bits per heavy atom. The van der Waals surface area contributed by atoms with Gasteiger partial charge in [0.05, 0.1) is 40.4 Å². The fourth-order valence-electron chi connectivity index (χ4n) is 4.01. The van der Waals surface area contributed by atoms with Crippen LogP contribution < -0.4 is 21.6 Å². The van der Waals surface area contributed by atoms with Gasteiger partial charge in [0.25, 0.3) is 11.1 Å². The lowest BCUT2D eigenvalue weighted by Crippen LogP contribution is -2.31. The Balaban J connectivity index is 1.67. The standard InChI is InChI=1S/C26H21N5O4S/c1-35-21-13-7-6-12-20(21)31-25(34)17-9-3-5-11-19(17)29-26(31)36-15-23-28-18-10-4-2-8-16(18)24(33)30(23)14-22(27)32/h2-13H,14-15H2,1H3,(H2,27,32). The molecule has 1 amide bonds. The number of hydrogen-bond acceptors (Lipinski definition) is 7. The molecular weight excluding hydrogens is 478 g/mol. The van der Waals surface area contributed by atoms with E-state index in [9.17, 15) is 14.4 Å². The molecule has 5 rings (SSSR count). The van der Waals surface area contributed by atoms with Crippen LogP contribution in [0.5, 0.6) is 5.75 Å². The number of carbonyl (C=O) groups excluding carboxylic acids is 1. The zero-order valence-electron chi connectivity index (χ0n) is 19.2. The molecule has 0 aliphatic carbocycles. The summed E-state index contributed by atoms with van der Waals surface area (Å²) in [6.07, 6.45) is 0. The number of benzene rings is 3. The van der Waals surface area contributed by atoms with Crippen molar-refractivity contribution in [2.75, 3.05) is 7.11 Å². The highest BCUT2D eigenvalue weighted by atomic mass is 32.2. The highest BCUT2D eigenvalue weighted by molar-refractivity contribution is 7.98. The predicted octanol–water partition coefficient (Wildman–Crippen LogP) is 2.88. The predicted molar refractivity (Wildman–Crippen MR) is 139 cm³/mol. The molecule has 0 unspecified atom stereocenters. The van der Waals surface area contributed by atoms with E-state index in [-0.39, 0.29) is 23.4 Å². The SMILES string of the molecule is COc1ccccc1-n1c(SCc2nc3ccccc3c(=O)n2CC(N)=O)nc2ccccc2c1=O. The van der Waals surface area contributed by atoms with Gasteiger partial charge in [-0.3, -0.25) is 23.5 Å². The van der Waals surface area contributed by atoms with Gasteiger partial charge in [-0.2, -0.15) is 0 Å². The van der Waals surface area contributed by atoms with Gasteiger partial charge >= 0.3 is 0 Å². The largest absolute Gasteiger partial charge is 0.495 e. The third-order valence-corrected chi connectivity index (χ3v) is 6.59. The number of carbonyl (C=O) groups is 1. The maximum absolute atomic E-state index is 13.6. The number of hydrogen-bond donors (Lipinski definition) is 1. The second-order valence-electron chi connectivity index (χ2n) is 7.92. The van der Waals surface area contributed by atoms with Gasteiger partial charge in [0.1, 0.15) is 18.1 Å². The Labute approximate surface area is 209 Å². The number of primary amides is 1. The van der Waals surface area contributed by atoms with E-state index in [4.69, 9.17) is 15.5 Å². The second kappa shape index (κ2) is 9.67. The summed E-state index contributed by atoms with van der Waals surface area (Å²) >= 11 is 1.22. The molecule has 0 atom stereocenters. The number of fused-ring (bicyclic) bond motifs is 2. The summed E-state index contributed by atoms with van der Waals surface area (Å²) < 4.78 is 8.26. The lowest BCUT2D eigenvalue weighted by molar-refractivity contribution is -0.118. The van der Waals surface area contributed by atoms with Crippen molar-refractivity contribution in [1.29, 1.82) is 0 Å². The van der Waals surface area contributed by atoms with Gasteiger partial charge in [-0.05, 0) is 36.4 Å². The number of rotatable bonds is 7. The van der Waals surface area contributed by atoms with E-state index in [0.717, 1.165) is 0 Å². The lowest BCUT2D eigenvalue weighted by Gasteiger charge is -2.16. The number of para-hydroxylation sites is 4. The maximum Gasteiger partial charge on any atom is 0.266 e. The van der Waals surface area contributed by atoms with Crippen LogP contribution in [-0.2, 0) is 17.1 Å². The zero-order chi connectivity index (χ0) is 25.2. The lowest BCUT2D eigenvalue weighted by atomic mass is 10.2. The fourth-order valence-corrected chi connectivity index (χ4v) is 4.96. The number of aromatic nitrogens is 4. The van der Waals surface area contributed by atoms with Crippen LogP contribution in [0.15, 0.2) is 87.5 Å². The average molecular weight is 500 g/mol. The summed E-state index contributed by atoms with van der Waals surface area (Å²) in [6, 6.07) is 21.2. The van der Waals surface area contributed by atoms with E-state index in [1.54, 1.807) is 54.6 Å². The zero-order valence-corrected chi connectivity index (χ0v) is 20.1. The summed E-state index contributed by atoms with van der Waals surface area (Å²) in [4.78, 5) is 47.8. The van der Waals surface area contributed by atoms with Gasteiger partial charge in [0.2, 0.25) is 5.91 Å². The molecule has 36 heavy (non-hydrogen) atoms. The minimum atomic E-state index is -0.657. The van der Waals surface area contributed by atoms with Crippen molar-refractivity contribution in [3.8, 4) is 11.4 Å². The Morgan fingerprint density at radius 2 is 1.50 bits per heavy atom. The van der Waals surface area contributed by atoms with E-state index in [1.165, 1.54) is 28.0 Å². The number of ether oxygens (including phenoxy) is 1. The summed E-state index contributed by atoms with van der Waals surface area (Å²) in [5.74, 6) is 0.354. The van der Waals surface area contributed by atoms with Crippen LogP contribution in [0.2, 0.25) is 0 Å². The Bertz CT molecular complexity index is 1750. The second-order valence-corrected chi connectivity index (χ2v) is 8.86. The van der Waals surface area contributed by atoms with Crippen molar-refractivity contribution in [3.05, 3.63) is 99.3 Å². The third-order valence-electron chi connectivity index (χ3n) is 5.66. The van der Waals surface area contributed by atoms with Gasteiger partial charge in [-0.25, -0.2) is 9.97 Å². The average Bonchev–Trinajstić information content (AvgIpc) is 2.89. The molecule has 0 saturated carbocycles. The Morgan fingerprint density at radius 3 is 2.19 bits per heavy atom. The van der Waals surface area contributed by atoms with Crippen LogP contribution in [0.4, 0.5) is 0 Å². The smallest absolute Gasteiger partial charge is 0.266 e. The molecule has 0 aliphatic heterocycles. The molecule has 2 aromatic heterocycles. The molecule has 10 heteroatoms. The van der Waals surface area contributed by atoms with Gasteiger partial charge in [-0.15, -0.1) is 0 Å². The number of methoxy groups -OCH3 is 1. The number of nitrogens with zero attached hydrogens (tertiary/aromatic N) is 4. The highest BCUT2D eigenvalue weighted by Gasteiger charge is 2.18. The molecule has 9 nitrogen and oxygen atoms in total. The molecule has 0 aliphatic rings. The summed E-state index contributed by atoms with van der Waals surface area (Å²) in [5.41, 5.74) is 6.39. The minimum Gasteiger partial charge on any atom is -0.495 e. The Hall–Kier alpha value is -4.44. The van der Waals surface area contributed by atoms with Crippen molar-refractivity contribution in [1.82, 2.24) is 19.1 Å². The molecule has 0 radical (unpaired) electrons. The molecule has 5 aromatic rings. The first-order valence-corrected chi connectivity index (χ1v) is 12.0. The van der Waals surface area contributed by atoms with E-state index in [2.05, 4.69) is 4.98 Å². The molecule has 2 heterocycles. The molecule has 0 fully saturated rings. The van der Waals surface area contributed by atoms with Crippen LogP contribution in [0.1, 0.15) is 5.82 Å². The van der Waals surface area contributed by atoms with E-state index >= 15 is 0 Å². The summed E-state index contributed by atoms with van der Waals surface area (Å²) in [5, 5.41) is 1.24. The fraction of sp³-hybridized carbons (Fsp3) is 0.115. The minimum absolute atomic E-state index is 0.160. The first-order valence-electron chi connectivity index (χ1n) is 11.0. The van der Waals surface area contributed by atoms with Crippen LogP contribution in [0.25, 0.3) is 27.5 Å². The van der Waals surface area contributed by atoms with Crippen molar-refractivity contribution in [2.24, 2.45) is 5.73 Å². The van der Waals surface area contributed by atoms with Crippen molar-refractivity contribution < 1.29 is 9.53 Å². The quantitative estimate of drug-likeness (QED) is 0.270. The first-order chi connectivity index (χ1) is 17.5. The summed E-state index contributed by atoms with van der Waals surface area (Å²) in [7, 11) is 1.53. The van der Waals surface area contributed by atoms with Gasteiger partial charge < -0.3 is 10.5 Å². The molecule has 0 bridgehead atoms. The summed E-state index contributed by atoms with van der Waals surface area (Å²) in [6.45, 7) is -0.309. The molecule has 0 saturated heterocycles.